The third-order valence-corrected chi connectivity index (χ3v) is 3.36. The van der Waals surface area contributed by atoms with E-state index in [4.69, 9.17) is 5.84 Å². The minimum Gasteiger partial charge on any atom is -0.326 e. The Morgan fingerprint density at radius 1 is 1.26 bits per heavy atom. The molecule has 0 unspecified atom stereocenters. The minimum atomic E-state index is 0.457. The average molecular weight is 255 g/mol. The lowest BCUT2D eigenvalue weighted by molar-refractivity contribution is 0.758. The number of hydrogen-bond acceptors (Lipinski definition) is 5. The maximum atomic E-state index is 5.42. The number of nitrogens with two attached hydrogens (primary N) is 1. The number of nitrogens with zero attached hydrogens (tertiary/aromatic N) is 3. The Labute approximate surface area is 112 Å². The molecule has 5 nitrogen and oxygen atoms in total. The Balaban J connectivity index is 2.06. The molecule has 0 amide bonds. The van der Waals surface area contributed by atoms with E-state index in [0.29, 0.717) is 5.95 Å². The maximum Gasteiger partial charge on any atom is 0.239 e. The van der Waals surface area contributed by atoms with Crippen molar-refractivity contribution in [2.24, 2.45) is 5.84 Å². The highest BCUT2D eigenvalue weighted by Gasteiger charge is 2.19. The average Bonchev–Trinajstić information content (AvgIpc) is 2.46. The second-order valence-electron chi connectivity index (χ2n) is 4.72. The first-order valence-electron chi connectivity index (χ1n) is 6.45. The molecule has 0 saturated heterocycles. The van der Waals surface area contributed by atoms with Crippen molar-refractivity contribution in [2.45, 2.75) is 19.8 Å². The third-order valence-electron chi connectivity index (χ3n) is 3.36. The molecule has 2 aromatic rings. The van der Waals surface area contributed by atoms with Crippen LogP contribution in [0.2, 0.25) is 0 Å². The summed E-state index contributed by atoms with van der Waals surface area (Å²) in [7, 11) is 0. The summed E-state index contributed by atoms with van der Waals surface area (Å²) < 4.78 is 0. The molecule has 0 bridgehead atoms. The fourth-order valence-corrected chi connectivity index (χ4v) is 2.53. The van der Waals surface area contributed by atoms with E-state index in [0.717, 1.165) is 30.9 Å². The van der Waals surface area contributed by atoms with Gasteiger partial charge < -0.3 is 4.90 Å². The Hall–Kier alpha value is -2.14. The van der Waals surface area contributed by atoms with Crippen molar-refractivity contribution >= 4 is 17.5 Å². The van der Waals surface area contributed by atoms with E-state index in [1.54, 1.807) is 0 Å². The zero-order valence-corrected chi connectivity index (χ0v) is 10.9. The molecule has 1 aromatic heterocycles. The van der Waals surface area contributed by atoms with Crippen LogP contribution in [0, 0.1) is 6.92 Å². The van der Waals surface area contributed by atoms with Gasteiger partial charge in [-0.05, 0) is 31.4 Å². The van der Waals surface area contributed by atoms with Crippen LogP contribution < -0.4 is 16.2 Å². The smallest absolute Gasteiger partial charge is 0.239 e. The van der Waals surface area contributed by atoms with Gasteiger partial charge in [-0.1, -0.05) is 18.2 Å². The summed E-state index contributed by atoms with van der Waals surface area (Å²) in [6.07, 6.45) is 2.25. The summed E-state index contributed by atoms with van der Waals surface area (Å²) in [6, 6.07) is 10.5. The van der Waals surface area contributed by atoms with Crippen molar-refractivity contribution < 1.29 is 0 Å². The highest BCUT2D eigenvalue weighted by atomic mass is 15.3. The number of nitrogens with one attached hydrogen (secondary N) is 1. The summed E-state index contributed by atoms with van der Waals surface area (Å²) in [6.45, 7) is 2.92. The van der Waals surface area contributed by atoms with Crippen LogP contribution in [0.3, 0.4) is 0 Å². The number of benzene rings is 1. The number of fused-ring (bicyclic) bond motifs is 1. The Kier molecular flexibility index (Phi) is 3.05. The quantitative estimate of drug-likeness (QED) is 0.636. The van der Waals surface area contributed by atoms with E-state index in [2.05, 4.69) is 44.6 Å². The van der Waals surface area contributed by atoms with Gasteiger partial charge in [0.15, 0.2) is 0 Å². The SMILES string of the molecule is Cc1cc(N2CCCc3ccccc32)nc(NN)n1. The van der Waals surface area contributed by atoms with Gasteiger partial charge in [-0.2, -0.15) is 4.98 Å². The zero-order valence-electron chi connectivity index (χ0n) is 10.9. The van der Waals surface area contributed by atoms with Crippen molar-refractivity contribution in [1.82, 2.24) is 9.97 Å². The van der Waals surface area contributed by atoms with Crippen LogP contribution in [0.15, 0.2) is 30.3 Å². The van der Waals surface area contributed by atoms with Gasteiger partial charge in [-0.15, -0.1) is 0 Å². The van der Waals surface area contributed by atoms with Gasteiger partial charge in [0.25, 0.3) is 0 Å². The molecule has 1 aliphatic rings. The molecule has 0 spiro atoms. The molecule has 2 heterocycles. The van der Waals surface area contributed by atoms with Crippen LogP contribution in [0.5, 0.6) is 0 Å². The summed E-state index contributed by atoms with van der Waals surface area (Å²) in [4.78, 5) is 10.9. The molecule has 1 aromatic carbocycles. The topological polar surface area (TPSA) is 67.1 Å². The zero-order chi connectivity index (χ0) is 13.2. The number of hydrogen-bond donors (Lipinski definition) is 2. The highest BCUT2D eigenvalue weighted by Crippen LogP contribution is 2.32. The van der Waals surface area contributed by atoms with Gasteiger partial charge in [0.1, 0.15) is 5.82 Å². The van der Waals surface area contributed by atoms with Crippen LogP contribution >= 0.6 is 0 Å². The molecule has 0 fully saturated rings. The van der Waals surface area contributed by atoms with Crippen LogP contribution in [0.1, 0.15) is 17.7 Å². The van der Waals surface area contributed by atoms with Crippen molar-refractivity contribution in [3.05, 3.63) is 41.6 Å². The van der Waals surface area contributed by atoms with E-state index in [9.17, 15) is 0 Å². The van der Waals surface area contributed by atoms with Gasteiger partial charge >= 0.3 is 0 Å². The predicted octanol–water partition coefficient (Wildman–Crippen LogP) is 2.15. The van der Waals surface area contributed by atoms with E-state index in [1.165, 1.54) is 11.3 Å². The van der Waals surface area contributed by atoms with Crippen molar-refractivity contribution in [1.29, 1.82) is 0 Å². The van der Waals surface area contributed by atoms with E-state index < -0.39 is 0 Å². The molecule has 0 atom stereocenters. The van der Waals surface area contributed by atoms with E-state index in [1.807, 2.05) is 13.0 Å². The van der Waals surface area contributed by atoms with Crippen molar-refractivity contribution in [3.63, 3.8) is 0 Å². The molecule has 98 valence electrons. The van der Waals surface area contributed by atoms with Gasteiger partial charge in [-0.25, -0.2) is 10.8 Å². The Morgan fingerprint density at radius 3 is 2.95 bits per heavy atom. The lowest BCUT2D eigenvalue weighted by atomic mass is 10.0. The number of para-hydroxylation sites is 1. The van der Waals surface area contributed by atoms with Crippen LogP contribution in [0.4, 0.5) is 17.5 Å². The summed E-state index contributed by atoms with van der Waals surface area (Å²) in [5.41, 5.74) is 6.03. The highest BCUT2D eigenvalue weighted by molar-refractivity contribution is 5.66. The maximum absolute atomic E-state index is 5.42. The number of hydrazine groups is 1. The van der Waals surface area contributed by atoms with Crippen LogP contribution in [-0.4, -0.2) is 16.5 Å². The fraction of sp³-hybridized carbons (Fsp3) is 0.286. The number of nitrogen functional groups attached to an aromatic ring is 1. The Morgan fingerprint density at radius 2 is 2.11 bits per heavy atom. The van der Waals surface area contributed by atoms with Crippen molar-refractivity contribution in [3.8, 4) is 0 Å². The van der Waals surface area contributed by atoms with E-state index in [-0.39, 0.29) is 0 Å². The summed E-state index contributed by atoms with van der Waals surface area (Å²) in [5, 5.41) is 0. The van der Waals surface area contributed by atoms with Gasteiger partial charge in [0.05, 0.1) is 0 Å². The molecule has 5 heteroatoms. The number of rotatable bonds is 2. The monoisotopic (exact) mass is 255 g/mol. The molecule has 3 rings (SSSR count). The van der Waals surface area contributed by atoms with Crippen LogP contribution in [-0.2, 0) is 6.42 Å². The van der Waals surface area contributed by atoms with Gasteiger partial charge in [0, 0.05) is 24.0 Å². The van der Waals surface area contributed by atoms with Gasteiger partial charge in [0.2, 0.25) is 5.95 Å². The Bertz CT molecular complexity index is 596. The second-order valence-corrected chi connectivity index (χ2v) is 4.72. The molecular weight excluding hydrogens is 238 g/mol. The largest absolute Gasteiger partial charge is 0.326 e. The first kappa shape index (κ1) is 11.9. The molecule has 1 aliphatic heterocycles. The molecule has 0 saturated carbocycles. The normalized spacial score (nSPS) is 14.1. The number of aromatic nitrogens is 2. The first-order chi connectivity index (χ1) is 9.28. The van der Waals surface area contributed by atoms with E-state index >= 15 is 0 Å². The second kappa shape index (κ2) is 4.85. The fourth-order valence-electron chi connectivity index (χ4n) is 2.53. The third kappa shape index (κ3) is 2.24. The minimum absolute atomic E-state index is 0.457. The van der Waals surface area contributed by atoms with Crippen molar-refractivity contribution in [2.75, 3.05) is 16.9 Å². The molecule has 19 heavy (non-hydrogen) atoms. The summed E-state index contributed by atoms with van der Waals surface area (Å²) in [5.74, 6) is 6.77. The number of anilines is 3. The van der Waals surface area contributed by atoms with Gasteiger partial charge in [-0.3, -0.25) is 5.43 Å². The first-order valence-corrected chi connectivity index (χ1v) is 6.45. The molecule has 0 radical (unpaired) electrons. The lowest BCUT2D eigenvalue weighted by Gasteiger charge is -2.30. The predicted molar refractivity (Wildman–Crippen MR) is 76.3 cm³/mol. The number of aryl methyl sites for hydroxylation is 2. The summed E-state index contributed by atoms with van der Waals surface area (Å²) >= 11 is 0. The molecular formula is C14H17N5. The standard InChI is InChI=1S/C14H17N5/c1-10-9-13(17-14(16-10)18-15)19-8-4-6-11-5-2-3-7-12(11)19/h2-3,5,7,9H,4,6,8,15H2,1H3,(H,16,17,18). The lowest BCUT2D eigenvalue weighted by Crippen LogP contribution is -2.26. The van der Waals surface area contributed by atoms with Crippen LogP contribution in [0.25, 0.3) is 0 Å². The molecule has 0 aliphatic carbocycles. The molecule has 3 N–H and O–H groups in total.